The summed E-state index contributed by atoms with van der Waals surface area (Å²) in [5.74, 6) is 1.24. The van der Waals surface area contributed by atoms with Crippen LogP contribution < -0.4 is 9.47 Å². The van der Waals surface area contributed by atoms with Gasteiger partial charge in [-0.25, -0.2) is 0 Å². The third kappa shape index (κ3) is 4.84. The van der Waals surface area contributed by atoms with Gasteiger partial charge in [0.1, 0.15) is 11.5 Å². The van der Waals surface area contributed by atoms with E-state index in [2.05, 4.69) is 9.89 Å². The Kier molecular flexibility index (Phi) is 6.44. The van der Waals surface area contributed by atoms with Crippen molar-refractivity contribution in [2.24, 2.45) is 4.99 Å². The van der Waals surface area contributed by atoms with Crippen molar-refractivity contribution in [1.29, 1.82) is 0 Å². The van der Waals surface area contributed by atoms with E-state index in [0.29, 0.717) is 23.9 Å². The highest BCUT2D eigenvalue weighted by Crippen LogP contribution is 2.34. The summed E-state index contributed by atoms with van der Waals surface area (Å²) in [7, 11) is 0. The van der Waals surface area contributed by atoms with E-state index in [1.807, 2.05) is 52.0 Å². The van der Waals surface area contributed by atoms with E-state index in [4.69, 9.17) is 14.2 Å². The molecule has 2 heterocycles. The summed E-state index contributed by atoms with van der Waals surface area (Å²) < 4.78 is 17.0. The fraction of sp³-hybridized carbons (Fsp3) is 0.500. The molecule has 0 aliphatic carbocycles. The normalized spacial score (nSPS) is 24.3. The number of morpholine rings is 1. The largest absolute Gasteiger partial charge is 0.494 e. The molecule has 0 N–H and O–H groups in total. The SMILES string of the molecule is CCOc1ccc(/C=C2\SC(N3C[C@@H](C)O[C@@H](C)C3)=NC2=O)c(OCC)c1. The second-order valence-electron chi connectivity index (χ2n) is 6.54. The van der Waals surface area contributed by atoms with Crippen LogP contribution in [0, 0.1) is 0 Å². The first kappa shape index (κ1) is 19.8. The van der Waals surface area contributed by atoms with E-state index in [9.17, 15) is 4.79 Å². The number of carbonyl (C=O) groups is 1. The maximum Gasteiger partial charge on any atom is 0.286 e. The Hall–Kier alpha value is -1.99. The number of benzene rings is 1. The Morgan fingerprint density at radius 2 is 1.93 bits per heavy atom. The molecule has 0 unspecified atom stereocenters. The number of amides is 1. The molecule has 146 valence electrons. The number of hydrogen-bond acceptors (Lipinski definition) is 6. The molecule has 2 atom stereocenters. The molecule has 0 saturated carbocycles. The predicted molar refractivity (Wildman–Crippen MR) is 108 cm³/mol. The van der Waals surface area contributed by atoms with Crippen LogP contribution in [0.15, 0.2) is 28.1 Å². The second-order valence-corrected chi connectivity index (χ2v) is 7.55. The molecule has 0 radical (unpaired) electrons. The molecule has 1 amide bonds. The van der Waals surface area contributed by atoms with Crippen LogP contribution in [0.5, 0.6) is 11.5 Å². The number of ether oxygens (including phenoxy) is 3. The van der Waals surface area contributed by atoms with Crippen LogP contribution in [0.1, 0.15) is 33.3 Å². The number of hydrogen-bond donors (Lipinski definition) is 0. The fourth-order valence-corrected chi connectivity index (χ4v) is 4.10. The lowest BCUT2D eigenvalue weighted by molar-refractivity contribution is -0.113. The average Bonchev–Trinajstić information content (AvgIpc) is 2.98. The molecule has 6 nitrogen and oxygen atoms in total. The molecule has 2 aliphatic rings. The molecule has 0 bridgehead atoms. The van der Waals surface area contributed by atoms with Gasteiger partial charge in [-0.05, 0) is 57.7 Å². The molecular weight excluding hydrogens is 364 g/mol. The van der Waals surface area contributed by atoms with Crippen molar-refractivity contribution >= 4 is 28.9 Å². The van der Waals surface area contributed by atoms with E-state index < -0.39 is 0 Å². The van der Waals surface area contributed by atoms with E-state index >= 15 is 0 Å². The lowest BCUT2D eigenvalue weighted by Gasteiger charge is -2.35. The number of nitrogens with zero attached hydrogens (tertiary/aromatic N) is 2. The van der Waals surface area contributed by atoms with Crippen molar-refractivity contribution in [3.63, 3.8) is 0 Å². The topological polar surface area (TPSA) is 60.4 Å². The van der Waals surface area contributed by atoms with Crippen LogP contribution in [0.25, 0.3) is 6.08 Å². The first-order valence-electron chi connectivity index (χ1n) is 9.32. The van der Waals surface area contributed by atoms with Gasteiger partial charge in [0.2, 0.25) is 0 Å². The molecule has 7 heteroatoms. The van der Waals surface area contributed by atoms with Crippen molar-refractivity contribution in [2.45, 2.75) is 39.9 Å². The summed E-state index contributed by atoms with van der Waals surface area (Å²) in [6.45, 7) is 10.6. The molecule has 0 aromatic heterocycles. The van der Waals surface area contributed by atoms with Crippen molar-refractivity contribution in [3.05, 3.63) is 28.7 Å². The number of amidine groups is 1. The van der Waals surface area contributed by atoms with Crippen LogP contribution in [-0.2, 0) is 9.53 Å². The van der Waals surface area contributed by atoms with Gasteiger partial charge in [0.05, 0.1) is 30.3 Å². The maximum atomic E-state index is 12.4. The van der Waals surface area contributed by atoms with Crippen molar-refractivity contribution < 1.29 is 19.0 Å². The summed E-state index contributed by atoms with van der Waals surface area (Å²) in [5.41, 5.74) is 0.844. The summed E-state index contributed by atoms with van der Waals surface area (Å²) in [6.07, 6.45) is 2.09. The van der Waals surface area contributed by atoms with E-state index in [-0.39, 0.29) is 18.1 Å². The van der Waals surface area contributed by atoms with Crippen LogP contribution in [-0.4, -0.2) is 54.5 Å². The molecule has 1 aromatic carbocycles. The molecule has 1 fully saturated rings. The van der Waals surface area contributed by atoms with Gasteiger partial charge < -0.3 is 19.1 Å². The smallest absolute Gasteiger partial charge is 0.286 e. The quantitative estimate of drug-likeness (QED) is 0.717. The van der Waals surface area contributed by atoms with E-state index in [0.717, 1.165) is 29.6 Å². The molecule has 2 aliphatic heterocycles. The highest BCUT2D eigenvalue weighted by molar-refractivity contribution is 8.18. The standard InChI is InChI=1S/C20H26N2O4S/c1-5-24-16-8-7-15(17(10-16)25-6-2)9-18-19(23)21-20(27-18)22-11-13(3)26-14(4)12-22/h7-10,13-14H,5-6,11-12H2,1-4H3/b18-9-/t13-,14+. The van der Waals surface area contributed by atoms with Crippen molar-refractivity contribution in [3.8, 4) is 11.5 Å². The third-order valence-electron chi connectivity index (χ3n) is 4.18. The number of thioether (sulfide) groups is 1. The van der Waals surface area contributed by atoms with E-state index in [1.54, 1.807) is 0 Å². The number of rotatable bonds is 5. The monoisotopic (exact) mass is 390 g/mol. The third-order valence-corrected chi connectivity index (χ3v) is 5.23. The highest BCUT2D eigenvalue weighted by Gasteiger charge is 2.31. The second kappa shape index (κ2) is 8.80. The van der Waals surface area contributed by atoms with E-state index in [1.165, 1.54) is 11.8 Å². The number of aliphatic imine (C=N–C) groups is 1. The van der Waals surface area contributed by atoms with Gasteiger partial charge in [-0.2, -0.15) is 4.99 Å². The van der Waals surface area contributed by atoms with Gasteiger partial charge in [0.25, 0.3) is 5.91 Å². The molecular formula is C20H26N2O4S. The minimum absolute atomic E-state index is 0.121. The summed E-state index contributed by atoms with van der Waals surface area (Å²) >= 11 is 1.41. The van der Waals surface area contributed by atoms with Gasteiger partial charge in [0, 0.05) is 24.7 Å². The Morgan fingerprint density at radius 3 is 2.59 bits per heavy atom. The minimum Gasteiger partial charge on any atom is -0.494 e. The van der Waals surface area contributed by atoms with Crippen LogP contribution >= 0.6 is 11.8 Å². The molecule has 1 aromatic rings. The summed E-state index contributed by atoms with van der Waals surface area (Å²) in [6, 6.07) is 5.65. The van der Waals surface area contributed by atoms with Crippen LogP contribution in [0.2, 0.25) is 0 Å². The number of carbonyl (C=O) groups excluding carboxylic acids is 1. The fourth-order valence-electron chi connectivity index (χ4n) is 3.18. The molecule has 1 saturated heterocycles. The summed E-state index contributed by atoms with van der Waals surface area (Å²) in [4.78, 5) is 19.4. The van der Waals surface area contributed by atoms with Gasteiger partial charge in [-0.1, -0.05) is 0 Å². The Morgan fingerprint density at radius 1 is 1.22 bits per heavy atom. The molecule has 0 spiro atoms. The highest BCUT2D eigenvalue weighted by atomic mass is 32.2. The first-order chi connectivity index (χ1) is 13.0. The lowest BCUT2D eigenvalue weighted by Crippen LogP contribution is -2.47. The molecule has 3 rings (SSSR count). The predicted octanol–water partition coefficient (Wildman–Crippen LogP) is 3.56. The van der Waals surface area contributed by atoms with Crippen molar-refractivity contribution in [2.75, 3.05) is 26.3 Å². The average molecular weight is 391 g/mol. The zero-order chi connectivity index (χ0) is 19.4. The zero-order valence-electron chi connectivity index (χ0n) is 16.2. The van der Waals surface area contributed by atoms with Gasteiger partial charge >= 0.3 is 0 Å². The van der Waals surface area contributed by atoms with Gasteiger partial charge in [-0.15, -0.1) is 0 Å². The van der Waals surface area contributed by atoms with Gasteiger partial charge in [0.15, 0.2) is 5.17 Å². The minimum atomic E-state index is -0.210. The Balaban J connectivity index is 1.79. The van der Waals surface area contributed by atoms with Crippen molar-refractivity contribution in [1.82, 2.24) is 4.90 Å². The van der Waals surface area contributed by atoms with Crippen LogP contribution in [0.3, 0.4) is 0 Å². The first-order valence-corrected chi connectivity index (χ1v) is 10.1. The maximum absolute atomic E-state index is 12.4. The Labute approximate surface area is 164 Å². The summed E-state index contributed by atoms with van der Waals surface area (Å²) in [5, 5.41) is 0.747. The molecule has 27 heavy (non-hydrogen) atoms. The lowest BCUT2D eigenvalue weighted by atomic mass is 10.1. The Bertz CT molecular complexity index is 752. The van der Waals surface area contributed by atoms with Gasteiger partial charge in [-0.3, -0.25) is 4.79 Å². The zero-order valence-corrected chi connectivity index (χ0v) is 17.0. The van der Waals surface area contributed by atoms with Crippen LogP contribution in [0.4, 0.5) is 0 Å².